The summed E-state index contributed by atoms with van der Waals surface area (Å²) in [6.45, 7) is 2.04. The summed E-state index contributed by atoms with van der Waals surface area (Å²) in [6.07, 6.45) is 0. The Balaban J connectivity index is 1.36. The standard InChI is InChI=1S/C18H15N5O3S/c1-10(16(24)19-11-6-7-14-15(8-11)26-9-25-14)27-18-22-21-17-20-12-4-2-3-5-13(12)23(17)18/h2-8,10H,9H2,1H3,(H,19,24)(H,20,21). The number of benzene rings is 2. The molecule has 0 bridgehead atoms. The zero-order valence-corrected chi connectivity index (χ0v) is 15.1. The fourth-order valence-corrected chi connectivity index (χ4v) is 3.82. The van der Waals surface area contributed by atoms with E-state index in [9.17, 15) is 4.79 Å². The van der Waals surface area contributed by atoms with Crippen molar-refractivity contribution in [3.8, 4) is 11.5 Å². The molecule has 0 aliphatic carbocycles. The van der Waals surface area contributed by atoms with Gasteiger partial charge in [-0.2, -0.15) is 0 Å². The van der Waals surface area contributed by atoms with E-state index >= 15 is 0 Å². The molecule has 27 heavy (non-hydrogen) atoms. The minimum absolute atomic E-state index is 0.126. The predicted molar refractivity (Wildman–Crippen MR) is 101 cm³/mol. The molecule has 1 amide bonds. The molecule has 1 aliphatic rings. The first kappa shape index (κ1) is 16.0. The van der Waals surface area contributed by atoms with Crippen LogP contribution in [0.5, 0.6) is 11.5 Å². The van der Waals surface area contributed by atoms with E-state index in [1.54, 1.807) is 18.2 Å². The normalized spacial score (nSPS) is 14.0. The number of amides is 1. The molecule has 0 saturated heterocycles. The molecule has 1 unspecified atom stereocenters. The van der Waals surface area contributed by atoms with Gasteiger partial charge < -0.3 is 14.8 Å². The molecule has 4 aromatic rings. The van der Waals surface area contributed by atoms with Crippen molar-refractivity contribution in [2.24, 2.45) is 0 Å². The molecule has 0 fully saturated rings. The quantitative estimate of drug-likeness (QED) is 0.528. The number of nitrogens with zero attached hydrogens (tertiary/aromatic N) is 3. The van der Waals surface area contributed by atoms with Gasteiger partial charge in [0.25, 0.3) is 0 Å². The summed E-state index contributed by atoms with van der Waals surface area (Å²) in [7, 11) is 0. The van der Waals surface area contributed by atoms with E-state index < -0.39 is 0 Å². The summed E-state index contributed by atoms with van der Waals surface area (Å²) < 4.78 is 12.5. The zero-order valence-electron chi connectivity index (χ0n) is 14.3. The number of anilines is 1. The van der Waals surface area contributed by atoms with Crippen molar-refractivity contribution >= 4 is 40.2 Å². The summed E-state index contributed by atoms with van der Waals surface area (Å²) in [5, 5.41) is 10.5. The van der Waals surface area contributed by atoms with Gasteiger partial charge in [-0.25, -0.2) is 10.1 Å². The number of thioether (sulfide) groups is 1. The number of para-hydroxylation sites is 2. The lowest BCUT2D eigenvalue weighted by atomic mass is 10.2. The molecule has 0 spiro atoms. The SMILES string of the molecule is CC(Sc1n[nH]c2nc3ccccc3n12)C(=O)Nc1ccc2c(c1)OCO2. The number of aromatic amines is 1. The zero-order chi connectivity index (χ0) is 18.4. The molecule has 1 aliphatic heterocycles. The van der Waals surface area contributed by atoms with E-state index in [0.29, 0.717) is 28.1 Å². The number of rotatable bonds is 4. The number of carbonyl (C=O) groups excluding carboxylic acids is 1. The van der Waals surface area contributed by atoms with Gasteiger partial charge in [0, 0.05) is 11.8 Å². The largest absolute Gasteiger partial charge is 0.454 e. The van der Waals surface area contributed by atoms with Crippen molar-refractivity contribution < 1.29 is 14.3 Å². The highest BCUT2D eigenvalue weighted by atomic mass is 32.2. The van der Waals surface area contributed by atoms with Gasteiger partial charge >= 0.3 is 0 Å². The number of imidazole rings is 1. The second-order valence-corrected chi connectivity index (χ2v) is 7.39. The Morgan fingerprint density at radius 3 is 3.04 bits per heavy atom. The van der Waals surface area contributed by atoms with Crippen LogP contribution in [0.15, 0.2) is 47.6 Å². The van der Waals surface area contributed by atoms with Crippen molar-refractivity contribution in [2.75, 3.05) is 12.1 Å². The Labute approximate surface area is 157 Å². The van der Waals surface area contributed by atoms with Crippen LogP contribution < -0.4 is 14.8 Å². The van der Waals surface area contributed by atoms with Gasteiger partial charge in [0.1, 0.15) is 0 Å². The van der Waals surface area contributed by atoms with Crippen LogP contribution in [0.4, 0.5) is 5.69 Å². The maximum absolute atomic E-state index is 12.6. The molecule has 5 rings (SSSR count). The molecule has 1 atom stereocenters. The van der Waals surface area contributed by atoms with Gasteiger partial charge in [-0.05, 0) is 31.2 Å². The van der Waals surface area contributed by atoms with E-state index in [1.807, 2.05) is 35.6 Å². The van der Waals surface area contributed by atoms with Crippen LogP contribution >= 0.6 is 11.8 Å². The van der Waals surface area contributed by atoms with Crippen LogP contribution in [0.3, 0.4) is 0 Å². The number of hydrogen-bond donors (Lipinski definition) is 2. The van der Waals surface area contributed by atoms with E-state index in [-0.39, 0.29) is 18.0 Å². The second-order valence-electron chi connectivity index (χ2n) is 6.08. The Morgan fingerprint density at radius 1 is 1.26 bits per heavy atom. The predicted octanol–water partition coefficient (Wildman–Crippen LogP) is 3.06. The van der Waals surface area contributed by atoms with Crippen LogP contribution in [-0.4, -0.2) is 37.5 Å². The molecule has 0 saturated carbocycles. The molecular formula is C18H15N5O3S. The first-order valence-electron chi connectivity index (χ1n) is 8.38. The third-order valence-corrected chi connectivity index (χ3v) is 5.35. The van der Waals surface area contributed by atoms with Crippen molar-refractivity contribution in [1.82, 2.24) is 19.6 Å². The molecule has 3 heterocycles. The van der Waals surface area contributed by atoms with Crippen LogP contribution in [-0.2, 0) is 4.79 Å². The molecule has 2 N–H and O–H groups in total. The van der Waals surface area contributed by atoms with Crippen LogP contribution in [0, 0.1) is 0 Å². The lowest BCUT2D eigenvalue weighted by Crippen LogP contribution is -2.22. The van der Waals surface area contributed by atoms with Crippen LogP contribution in [0.1, 0.15) is 6.92 Å². The molecule has 9 heteroatoms. The summed E-state index contributed by atoms with van der Waals surface area (Å²) in [6, 6.07) is 13.1. The van der Waals surface area contributed by atoms with E-state index in [0.717, 1.165) is 11.0 Å². The Hall–Kier alpha value is -3.20. The topological polar surface area (TPSA) is 93.5 Å². The first-order chi connectivity index (χ1) is 13.2. The van der Waals surface area contributed by atoms with Crippen molar-refractivity contribution in [2.45, 2.75) is 17.3 Å². The van der Waals surface area contributed by atoms with Crippen LogP contribution in [0.25, 0.3) is 16.8 Å². The summed E-state index contributed by atoms with van der Waals surface area (Å²) in [4.78, 5) is 17.1. The fourth-order valence-electron chi connectivity index (χ4n) is 2.95. The van der Waals surface area contributed by atoms with Crippen molar-refractivity contribution in [3.63, 3.8) is 0 Å². The fraction of sp³-hybridized carbons (Fsp3) is 0.167. The highest BCUT2D eigenvalue weighted by Gasteiger charge is 2.21. The monoisotopic (exact) mass is 381 g/mol. The van der Waals surface area contributed by atoms with E-state index in [2.05, 4.69) is 20.5 Å². The molecule has 0 radical (unpaired) electrons. The third kappa shape index (κ3) is 2.76. The minimum Gasteiger partial charge on any atom is -0.454 e. The molecule has 8 nitrogen and oxygen atoms in total. The first-order valence-corrected chi connectivity index (χ1v) is 9.26. The summed E-state index contributed by atoms with van der Waals surface area (Å²) >= 11 is 1.36. The third-order valence-electron chi connectivity index (χ3n) is 4.30. The van der Waals surface area contributed by atoms with Crippen LogP contribution in [0.2, 0.25) is 0 Å². The van der Waals surface area contributed by atoms with Gasteiger partial charge in [0.15, 0.2) is 16.7 Å². The van der Waals surface area contributed by atoms with Gasteiger partial charge in [-0.3, -0.25) is 9.20 Å². The lowest BCUT2D eigenvalue weighted by Gasteiger charge is -2.11. The summed E-state index contributed by atoms with van der Waals surface area (Å²) in [5.74, 6) is 1.84. The average Bonchev–Trinajstić information content (AvgIpc) is 3.37. The number of ether oxygens (including phenoxy) is 2. The highest BCUT2D eigenvalue weighted by Crippen LogP contribution is 2.34. The van der Waals surface area contributed by atoms with Crippen molar-refractivity contribution in [3.05, 3.63) is 42.5 Å². The molecule has 136 valence electrons. The number of fused-ring (bicyclic) bond motifs is 4. The smallest absolute Gasteiger partial charge is 0.237 e. The lowest BCUT2D eigenvalue weighted by molar-refractivity contribution is -0.115. The highest BCUT2D eigenvalue weighted by molar-refractivity contribution is 8.00. The Bertz CT molecular complexity index is 1170. The number of hydrogen-bond acceptors (Lipinski definition) is 6. The second kappa shape index (κ2) is 6.20. The molecule has 2 aromatic heterocycles. The van der Waals surface area contributed by atoms with E-state index in [4.69, 9.17) is 9.47 Å². The van der Waals surface area contributed by atoms with Gasteiger partial charge in [0.05, 0.1) is 16.3 Å². The number of carbonyl (C=O) groups is 1. The van der Waals surface area contributed by atoms with Crippen molar-refractivity contribution in [1.29, 1.82) is 0 Å². The van der Waals surface area contributed by atoms with Gasteiger partial charge in [0.2, 0.25) is 18.5 Å². The Morgan fingerprint density at radius 2 is 2.11 bits per heavy atom. The number of H-pyrrole nitrogens is 1. The van der Waals surface area contributed by atoms with Gasteiger partial charge in [-0.1, -0.05) is 23.9 Å². The van der Waals surface area contributed by atoms with E-state index in [1.165, 1.54) is 11.8 Å². The maximum Gasteiger partial charge on any atom is 0.237 e. The number of nitrogens with one attached hydrogen (secondary N) is 2. The summed E-state index contributed by atoms with van der Waals surface area (Å²) in [5.41, 5.74) is 2.49. The minimum atomic E-state index is -0.358. The van der Waals surface area contributed by atoms with Gasteiger partial charge in [-0.15, -0.1) is 5.10 Å². The molecular weight excluding hydrogens is 366 g/mol. The molecule has 2 aromatic carbocycles. The Kier molecular flexibility index (Phi) is 3.68. The number of aromatic nitrogens is 4. The average molecular weight is 381 g/mol. The maximum atomic E-state index is 12.6.